The van der Waals surface area contributed by atoms with E-state index in [4.69, 9.17) is 23.2 Å². The summed E-state index contributed by atoms with van der Waals surface area (Å²) in [5.74, 6) is -0.867. The van der Waals surface area contributed by atoms with E-state index in [0.717, 1.165) is 4.57 Å². The summed E-state index contributed by atoms with van der Waals surface area (Å²) in [4.78, 5) is 54.7. The summed E-state index contributed by atoms with van der Waals surface area (Å²) in [5, 5.41) is 3.78. The number of carbonyl (C=O) groups is 2. The number of rotatable bonds is 4. The Kier molecular flexibility index (Phi) is 5.84. The molecule has 8 nitrogen and oxygen atoms in total. The Morgan fingerprint density at radius 2 is 1.81 bits per heavy atom. The van der Waals surface area contributed by atoms with Gasteiger partial charge in [-0.05, 0) is 43.2 Å². The average Bonchev–Trinajstić information content (AvgIpc) is 3.20. The minimum atomic E-state index is -0.722. The van der Waals surface area contributed by atoms with Gasteiger partial charge < -0.3 is 15.2 Å². The summed E-state index contributed by atoms with van der Waals surface area (Å²) < 4.78 is 0.856. The van der Waals surface area contributed by atoms with Gasteiger partial charge in [-0.1, -0.05) is 35.3 Å². The number of carbonyl (C=O) groups excluding carboxylic acids is 2. The summed E-state index contributed by atoms with van der Waals surface area (Å²) in [6.45, 7) is -0.0980. The van der Waals surface area contributed by atoms with Gasteiger partial charge in [0.05, 0.1) is 10.9 Å². The standard InChI is InChI=1S/C21H18Cl2N4O4/c22-12-8-13(23)10-14(9-12)24-19(29)17-6-3-7-26(17)18(28)11-27-20(30)15-4-1-2-5-16(15)25-21(27)31/h1-2,4-5,8-10,17H,3,6-7,11H2,(H,24,29)(H,25,31). The summed E-state index contributed by atoms with van der Waals surface area (Å²) in [6.07, 6.45) is 1.10. The first kappa shape index (κ1) is 21.1. The van der Waals surface area contributed by atoms with E-state index in [2.05, 4.69) is 10.3 Å². The van der Waals surface area contributed by atoms with Crippen LogP contribution in [0.15, 0.2) is 52.1 Å². The topological polar surface area (TPSA) is 104 Å². The van der Waals surface area contributed by atoms with E-state index in [-0.39, 0.29) is 5.91 Å². The van der Waals surface area contributed by atoms with Crippen molar-refractivity contribution in [1.82, 2.24) is 14.5 Å². The number of halogens is 2. The molecule has 2 N–H and O–H groups in total. The van der Waals surface area contributed by atoms with Crippen molar-refractivity contribution >= 4 is 51.6 Å². The smallest absolute Gasteiger partial charge is 0.329 e. The number of benzene rings is 2. The van der Waals surface area contributed by atoms with Crippen molar-refractivity contribution in [2.75, 3.05) is 11.9 Å². The number of H-pyrrole nitrogens is 1. The number of likely N-dealkylation sites (tertiary alicyclic amines) is 1. The van der Waals surface area contributed by atoms with Crippen LogP contribution in [0.25, 0.3) is 10.9 Å². The molecule has 2 aromatic carbocycles. The van der Waals surface area contributed by atoms with Crippen molar-refractivity contribution in [3.63, 3.8) is 0 Å². The van der Waals surface area contributed by atoms with Gasteiger partial charge in [0.25, 0.3) is 5.56 Å². The maximum Gasteiger partial charge on any atom is 0.329 e. The van der Waals surface area contributed by atoms with Crippen molar-refractivity contribution in [3.8, 4) is 0 Å². The molecule has 1 saturated heterocycles. The lowest BCUT2D eigenvalue weighted by Gasteiger charge is -2.24. The van der Waals surface area contributed by atoms with E-state index in [1.807, 2.05) is 0 Å². The highest BCUT2D eigenvalue weighted by atomic mass is 35.5. The van der Waals surface area contributed by atoms with Gasteiger partial charge in [-0.15, -0.1) is 0 Å². The number of amides is 2. The second kappa shape index (κ2) is 8.56. The Morgan fingerprint density at radius 1 is 1.10 bits per heavy atom. The van der Waals surface area contributed by atoms with Crippen LogP contribution >= 0.6 is 23.2 Å². The molecule has 160 valence electrons. The molecule has 2 heterocycles. The minimum Gasteiger partial charge on any atom is -0.329 e. The van der Waals surface area contributed by atoms with Crippen LogP contribution in [0.3, 0.4) is 0 Å². The van der Waals surface area contributed by atoms with Gasteiger partial charge in [0.2, 0.25) is 11.8 Å². The third-order valence-corrected chi connectivity index (χ3v) is 5.63. The van der Waals surface area contributed by atoms with Crippen LogP contribution in [0.4, 0.5) is 5.69 Å². The van der Waals surface area contributed by atoms with Crippen molar-refractivity contribution in [2.45, 2.75) is 25.4 Å². The SMILES string of the molecule is O=C(Nc1cc(Cl)cc(Cl)c1)C1CCCN1C(=O)Cn1c(=O)[nH]c2ccccc2c1=O. The Labute approximate surface area is 186 Å². The maximum absolute atomic E-state index is 12.9. The second-order valence-electron chi connectivity index (χ2n) is 7.26. The molecular formula is C21H18Cl2N4O4. The molecule has 4 rings (SSSR count). The lowest BCUT2D eigenvalue weighted by molar-refractivity contribution is -0.137. The van der Waals surface area contributed by atoms with Crippen LogP contribution in [0, 0.1) is 0 Å². The van der Waals surface area contributed by atoms with E-state index in [0.29, 0.717) is 46.0 Å². The van der Waals surface area contributed by atoms with E-state index in [9.17, 15) is 19.2 Å². The number of aromatic amines is 1. The zero-order valence-electron chi connectivity index (χ0n) is 16.2. The molecule has 31 heavy (non-hydrogen) atoms. The Hall–Kier alpha value is -3.10. The Balaban J connectivity index is 1.54. The monoisotopic (exact) mass is 460 g/mol. The predicted octanol–water partition coefficient (Wildman–Crippen LogP) is 2.63. The van der Waals surface area contributed by atoms with Gasteiger partial charge in [-0.3, -0.25) is 19.0 Å². The molecule has 1 aliphatic rings. The highest BCUT2D eigenvalue weighted by molar-refractivity contribution is 6.35. The fourth-order valence-electron chi connectivity index (χ4n) is 3.76. The number of anilines is 1. The first-order valence-electron chi connectivity index (χ1n) is 9.62. The molecule has 1 aliphatic heterocycles. The summed E-state index contributed by atoms with van der Waals surface area (Å²) in [5.41, 5.74) is -0.406. The first-order valence-corrected chi connectivity index (χ1v) is 10.4. The molecule has 2 amide bonds. The summed E-state index contributed by atoms with van der Waals surface area (Å²) >= 11 is 11.9. The fraction of sp³-hybridized carbons (Fsp3) is 0.238. The molecule has 1 unspecified atom stereocenters. The number of hydrogen-bond acceptors (Lipinski definition) is 4. The van der Waals surface area contributed by atoms with Crippen LogP contribution in [0.1, 0.15) is 12.8 Å². The highest BCUT2D eigenvalue weighted by Crippen LogP contribution is 2.24. The van der Waals surface area contributed by atoms with Crippen molar-refractivity contribution < 1.29 is 9.59 Å². The molecule has 1 fully saturated rings. The Morgan fingerprint density at radius 3 is 2.55 bits per heavy atom. The highest BCUT2D eigenvalue weighted by Gasteiger charge is 2.34. The molecule has 0 radical (unpaired) electrons. The van der Waals surface area contributed by atoms with Crippen molar-refractivity contribution in [1.29, 1.82) is 0 Å². The summed E-state index contributed by atoms with van der Waals surface area (Å²) in [7, 11) is 0. The molecule has 1 atom stereocenters. The number of nitrogens with zero attached hydrogens (tertiary/aromatic N) is 2. The lowest BCUT2D eigenvalue weighted by Crippen LogP contribution is -2.47. The van der Waals surface area contributed by atoms with Crippen LogP contribution in [0.5, 0.6) is 0 Å². The fourth-order valence-corrected chi connectivity index (χ4v) is 4.28. The number of aromatic nitrogens is 2. The Bertz CT molecular complexity index is 1280. The molecule has 1 aromatic heterocycles. The van der Waals surface area contributed by atoms with Crippen molar-refractivity contribution in [2.24, 2.45) is 0 Å². The first-order chi connectivity index (χ1) is 14.8. The third kappa shape index (κ3) is 4.35. The molecule has 0 saturated carbocycles. The second-order valence-corrected chi connectivity index (χ2v) is 8.13. The van der Waals surface area contributed by atoms with Crippen molar-refractivity contribution in [3.05, 3.63) is 73.3 Å². The molecule has 0 aliphatic carbocycles. The molecule has 0 bridgehead atoms. The average molecular weight is 461 g/mol. The number of fused-ring (bicyclic) bond motifs is 1. The largest absolute Gasteiger partial charge is 0.329 e. The van der Waals surface area contributed by atoms with Gasteiger partial charge in [-0.2, -0.15) is 0 Å². The minimum absolute atomic E-state index is 0.309. The molecule has 0 spiro atoms. The number of para-hydroxylation sites is 1. The maximum atomic E-state index is 12.9. The normalized spacial score (nSPS) is 15.9. The molecular weight excluding hydrogens is 443 g/mol. The van der Waals surface area contributed by atoms with E-state index >= 15 is 0 Å². The van der Waals surface area contributed by atoms with E-state index < -0.39 is 29.7 Å². The zero-order valence-corrected chi connectivity index (χ0v) is 17.7. The van der Waals surface area contributed by atoms with Gasteiger partial charge in [0, 0.05) is 22.3 Å². The predicted molar refractivity (Wildman–Crippen MR) is 119 cm³/mol. The zero-order chi connectivity index (χ0) is 22.1. The number of hydrogen-bond donors (Lipinski definition) is 2. The van der Waals surface area contributed by atoms with E-state index in [1.165, 1.54) is 4.90 Å². The van der Waals surface area contributed by atoms with Gasteiger partial charge in [0.1, 0.15) is 12.6 Å². The number of nitrogens with one attached hydrogen (secondary N) is 2. The van der Waals surface area contributed by atoms with Gasteiger partial charge in [0.15, 0.2) is 0 Å². The van der Waals surface area contributed by atoms with Crippen LogP contribution < -0.4 is 16.6 Å². The molecule has 10 heteroatoms. The van der Waals surface area contributed by atoms with Crippen LogP contribution in [0.2, 0.25) is 10.0 Å². The summed E-state index contributed by atoms with van der Waals surface area (Å²) in [6, 6.07) is 10.5. The molecule has 3 aromatic rings. The quantitative estimate of drug-likeness (QED) is 0.624. The van der Waals surface area contributed by atoms with Gasteiger partial charge in [-0.25, -0.2) is 4.79 Å². The van der Waals surface area contributed by atoms with Crippen LogP contribution in [-0.2, 0) is 16.1 Å². The van der Waals surface area contributed by atoms with Crippen LogP contribution in [-0.4, -0.2) is 38.9 Å². The lowest BCUT2D eigenvalue weighted by atomic mass is 10.2. The third-order valence-electron chi connectivity index (χ3n) is 5.19. The van der Waals surface area contributed by atoms with E-state index in [1.54, 1.807) is 42.5 Å². The van der Waals surface area contributed by atoms with Gasteiger partial charge >= 0.3 is 5.69 Å².